The molecule has 0 bridgehead atoms. The van der Waals surface area contributed by atoms with Crippen molar-refractivity contribution >= 4 is 11.6 Å². The molecule has 3 heterocycles. The average Bonchev–Trinajstić information content (AvgIpc) is 3.22. The summed E-state index contributed by atoms with van der Waals surface area (Å²) in [7, 11) is 0. The highest BCUT2D eigenvalue weighted by molar-refractivity contribution is 6.30. The van der Waals surface area contributed by atoms with E-state index in [4.69, 9.17) is 21.4 Å². The van der Waals surface area contributed by atoms with Gasteiger partial charge in [0.25, 0.3) is 0 Å². The van der Waals surface area contributed by atoms with Crippen molar-refractivity contribution in [2.24, 2.45) is 0 Å². The first-order chi connectivity index (χ1) is 13.2. The SMILES string of the molecule is CCCOc1ccc(Cl)cc1Cn1ccnc1-c1cc2n(n1)CCCNC2. The van der Waals surface area contributed by atoms with Crippen molar-refractivity contribution in [3.63, 3.8) is 0 Å². The van der Waals surface area contributed by atoms with Crippen LogP contribution in [0.4, 0.5) is 0 Å². The fourth-order valence-corrected chi connectivity index (χ4v) is 3.54. The maximum absolute atomic E-state index is 6.23. The van der Waals surface area contributed by atoms with Crippen molar-refractivity contribution in [2.75, 3.05) is 13.2 Å². The molecule has 0 atom stereocenters. The lowest BCUT2D eigenvalue weighted by molar-refractivity contribution is 0.313. The van der Waals surface area contributed by atoms with E-state index in [0.29, 0.717) is 18.2 Å². The van der Waals surface area contributed by atoms with Gasteiger partial charge in [-0.25, -0.2) is 4.98 Å². The molecule has 6 nitrogen and oxygen atoms in total. The summed E-state index contributed by atoms with van der Waals surface area (Å²) < 4.78 is 10.1. The number of hydrogen-bond donors (Lipinski definition) is 1. The highest BCUT2D eigenvalue weighted by atomic mass is 35.5. The number of nitrogens with one attached hydrogen (secondary N) is 1. The molecule has 0 fully saturated rings. The fraction of sp³-hybridized carbons (Fsp3) is 0.400. The molecule has 27 heavy (non-hydrogen) atoms. The van der Waals surface area contributed by atoms with Gasteiger partial charge in [0.15, 0.2) is 5.82 Å². The van der Waals surface area contributed by atoms with Crippen LogP contribution in [0.2, 0.25) is 5.02 Å². The molecule has 0 saturated carbocycles. The van der Waals surface area contributed by atoms with E-state index in [2.05, 4.69) is 32.5 Å². The molecule has 0 radical (unpaired) electrons. The van der Waals surface area contributed by atoms with Gasteiger partial charge in [-0.3, -0.25) is 4.68 Å². The Kier molecular flexibility index (Phi) is 5.45. The van der Waals surface area contributed by atoms with Crippen LogP contribution in [0.25, 0.3) is 11.5 Å². The molecule has 0 aliphatic carbocycles. The molecule has 0 amide bonds. The molecule has 2 aromatic heterocycles. The summed E-state index contributed by atoms with van der Waals surface area (Å²) in [5, 5.41) is 8.92. The van der Waals surface area contributed by atoms with E-state index in [-0.39, 0.29) is 0 Å². The summed E-state index contributed by atoms with van der Waals surface area (Å²) >= 11 is 6.23. The van der Waals surface area contributed by atoms with Crippen molar-refractivity contribution < 1.29 is 4.74 Å². The standard InChI is InChI=1S/C20H24ClN5O/c1-2-10-27-19-5-4-16(21)11-15(19)14-25-9-7-23-20(25)18-12-17-13-22-6-3-8-26(17)24-18/h4-5,7,9,11-12,22H,2-3,6,8,10,13-14H2,1H3. The van der Waals surface area contributed by atoms with Gasteiger partial charge in [0, 0.05) is 36.1 Å². The lowest BCUT2D eigenvalue weighted by Crippen LogP contribution is -2.11. The third-order valence-electron chi connectivity index (χ3n) is 4.66. The minimum absolute atomic E-state index is 0.634. The maximum Gasteiger partial charge on any atom is 0.160 e. The highest BCUT2D eigenvalue weighted by Crippen LogP contribution is 2.26. The van der Waals surface area contributed by atoms with Gasteiger partial charge in [-0.15, -0.1) is 0 Å². The van der Waals surface area contributed by atoms with Crippen LogP contribution in [0.5, 0.6) is 5.75 Å². The fourth-order valence-electron chi connectivity index (χ4n) is 3.35. The Morgan fingerprint density at radius 2 is 2.22 bits per heavy atom. The highest BCUT2D eigenvalue weighted by Gasteiger charge is 2.16. The van der Waals surface area contributed by atoms with Gasteiger partial charge >= 0.3 is 0 Å². The molecule has 1 aliphatic heterocycles. The molecule has 1 N–H and O–H groups in total. The zero-order chi connectivity index (χ0) is 18.6. The third-order valence-corrected chi connectivity index (χ3v) is 4.90. The van der Waals surface area contributed by atoms with Gasteiger partial charge in [-0.2, -0.15) is 5.10 Å². The van der Waals surface area contributed by atoms with E-state index in [1.807, 2.05) is 30.6 Å². The number of hydrogen-bond acceptors (Lipinski definition) is 4. The van der Waals surface area contributed by atoms with Crippen LogP contribution in [0.3, 0.4) is 0 Å². The maximum atomic E-state index is 6.23. The number of ether oxygens (including phenoxy) is 1. The van der Waals surface area contributed by atoms with Crippen LogP contribution in [-0.4, -0.2) is 32.5 Å². The smallest absolute Gasteiger partial charge is 0.160 e. The first-order valence-electron chi connectivity index (χ1n) is 9.45. The van der Waals surface area contributed by atoms with Gasteiger partial charge in [0.1, 0.15) is 11.4 Å². The van der Waals surface area contributed by atoms with Crippen molar-refractivity contribution in [2.45, 2.75) is 39.4 Å². The Bertz CT molecular complexity index is 893. The summed E-state index contributed by atoms with van der Waals surface area (Å²) in [5.41, 5.74) is 3.14. The molecule has 0 spiro atoms. The number of nitrogens with zero attached hydrogens (tertiary/aromatic N) is 4. The van der Waals surface area contributed by atoms with Crippen LogP contribution < -0.4 is 10.1 Å². The molecule has 4 rings (SSSR count). The van der Waals surface area contributed by atoms with Crippen molar-refractivity contribution in [3.05, 3.63) is 52.9 Å². The number of aromatic nitrogens is 4. The van der Waals surface area contributed by atoms with Crippen LogP contribution in [0, 0.1) is 0 Å². The van der Waals surface area contributed by atoms with Crippen LogP contribution in [-0.2, 0) is 19.6 Å². The van der Waals surface area contributed by atoms with Gasteiger partial charge in [-0.05, 0) is 43.7 Å². The number of benzene rings is 1. The minimum Gasteiger partial charge on any atom is -0.493 e. The topological polar surface area (TPSA) is 56.9 Å². The molecule has 0 unspecified atom stereocenters. The monoisotopic (exact) mass is 385 g/mol. The van der Waals surface area contributed by atoms with E-state index in [0.717, 1.165) is 55.3 Å². The number of aryl methyl sites for hydroxylation is 1. The molecule has 3 aromatic rings. The first-order valence-corrected chi connectivity index (χ1v) is 9.82. The Balaban J connectivity index is 1.63. The largest absolute Gasteiger partial charge is 0.493 e. The molecular formula is C20H24ClN5O. The van der Waals surface area contributed by atoms with Gasteiger partial charge in [0.2, 0.25) is 0 Å². The zero-order valence-electron chi connectivity index (χ0n) is 15.5. The molecule has 1 aromatic carbocycles. The molecule has 1 aliphatic rings. The quantitative estimate of drug-likeness (QED) is 0.702. The lowest BCUT2D eigenvalue weighted by atomic mass is 10.2. The molecule has 142 valence electrons. The van der Waals surface area contributed by atoms with Crippen LogP contribution in [0.15, 0.2) is 36.7 Å². The Labute approximate surface area is 164 Å². The van der Waals surface area contributed by atoms with E-state index in [1.165, 1.54) is 5.69 Å². The molecular weight excluding hydrogens is 362 g/mol. The number of halogens is 1. The van der Waals surface area contributed by atoms with Crippen molar-refractivity contribution in [1.82, 2.24) is 24.6 Å². The second-order valence-electron chi connectivity index (χ2n) is 6.75. The van der Waals surface area contributed by atoms with Crippen molar-refractivity contribution in [1.29, 1.82) is 0 Å². The Hall–Kier alpha value is -2.31. The summed E-state index contributed by atoms with van der Waals surface area (Å²) in [4.78, 5) is 4.56. The molecule has 0 saturated heterocycles. The predicted octanol–water partition coefficient (Wildman–Crippen LogP) is 3.73. The van der Waals surface area contributed by atoms with Gasteiger partial charge < -0.3 is 14.6 Å². The number of imidazole rings is 1. The molecule has 7 heteroatoms. The normalized spacial score (nSPS) is 14.0. The minimum atomic E-state index is 0.634. The van der Waals surface area contributed by atoms with Gasteiger partial charge in [-0.1, -0.05) is 18.5 Å². The second kappa shape index (κ2) is 8.15. The van der Waals surface area contributed by atoms with Gasteiger partial charge in [0.05, 0.1) is 18.8 Å². The van der Waals surface area contributed by atoms with Crippen LogP contribution in [0.1, 0.15) is 31.0 Å². The average molecular weight is 386 g/mol. The third kappa shape index (κ3) is 4.01. The van der Waals surface area contributed by atoms with Crippen molar-refractivity contribution in [3.8, 4) is 17.3 Å². The second-order valence-corrected chi connectivity index (χ2v) is 7.19. The summed E-state index contributed by atoms with van der Waals surface area (Å²) in [6.07, 6.45) is 5.84. The number of fused-ring (bicyclic) bond motifs is 1. The summed E-state index contributed by atoms with van der Waals surface area (Å²) in [5.74, 6) is 1.72. The lowest BCUT2D eigenvalue weighted by Gasteiger charge is -2.13. The Morgan fingerprint density at radius 1 is 1.30 bits per heavy atom. The van der Waals surface area contributed by atoms with Crippen LogP contribution >= 0.6 is 11.6 Å². The van der Waals surface area contributed by atoms with E-state index >= 15 is 0 Å². The predicted molar refractivity (Wildman–Crippen MR) is 106 cm³/mol. The number of rotatable bonds is 6. The summed E-state index contributed by atoms with van der Waals surface area (Å²) in [6.45, 7) is 6.23. The zero-order valence-corrected chi connectivity index (χ0v) is 16.2. The summed E-state index contributed by atoms with van der Waals surface area (Å²) in [6, 6.07) is 7.89. The van der Waals surface area contributed by atoms with E-state index in [1.54, 1.807) is 0 Å². The Morgan fingerprint density at radius 3 is 3.11 bits per heavy atom. The van der Waals surface area contributed by atoms with E-state index in [9.17, 15) is 0 Å². The first kappa shape index (κ1) is 18.1. The van der Waals surface area contributed by atoms with E-state index < -0.39 is 0 Å².